The zero-order chi connectivity index (χ0) is 19.6. The Kier molecular flexibility index (Phi) is 5.35. The van der Waals surface area contributed by atoms with E-state index in [1.54, 1.807) is 34.1 Å². The lowest BCUT2D eigenvalue weighted by atomic mass is 10.2. The van der Waals surface area contributed by atoms with E-state index in [1.165, 1.54) is 24.3 Å². The van der Waals surface area contributed by atoms with Gasteiger partial charge in [0.25, 0.3) is 0 Å². The summed E-state index contributed by atoms with van der Waals surface area (Å²) in [4.78, 5) is 16.1. The van der Waals surface area contributed by atoms with Crippen molar-refractivity contribution >= 4 is 17.5 Å². The third-order valence-electron chi connectivity index (χ3n) is 4.32. The molecule has 0 bridgehead atoms. The summed E-state index contributed by atoms with van der Waals surface area (Å²) in [6, 6.07) is 12.2. The molecule has 1 amide bonds. The van der Waals surface area contributed by atoms with Gasteiger partial charge in [-0.2, -0.15) is 0 Å². The van der Waals surface area contributed by atoms with E-state index < -0.39 is 23.3 Å². The summed E-state index contributed by atoms with van der Waals surface area (Å²) < 4.78 is 33.3. The molecule has 2 aromatic carbocycles. The number of benzene rings is 2. The lowest BCUT2D eigenvalue weighted by Crippen LogP contribution is -2.47. The van der Waals surface area contributed by atoms with Gasteiger partial charge in [0, 0.05) is 17.9 Å². The van der Waals surface area contributed by atoms with Gasteiger partial charge in [0.05, 0.1) is 0 Å². The van der Waals surface area contributed by atoms with Crippen LogP contribution in [0.1, 0.15) is 33.6 Å². The second-order valence-electron chi connectivity index (χ2n) is 7.63. The minimum absolute atomic E-state index is 0.386. The highest BCUT2D eigenvalue weighted by atomic mass is 19.1. The molecule has 3 rings (SSSR count). The standard InChI is InChI=1S/C21H24F2N2O2/c1-21(2,3)27-20(26)24-12-6-11-19(24)25(17-9-4-7-15(22)13-17)18-10-5-8-16(23)14-18/h4-5,7-10,13-14,19H,6,11-12H2,1-3H3/t19-/m1/s1. The van der Waals surface area contributed by atoms with Crippen molar-refractivity contribution in [1.29, 1.82) is 0 Å². The molecule has 0 saturated carbocycles. The molecule has 0 unspecified atom stereocenters. The molecule has 1 heterocycles. The Morgan fingerprint density at radius 3 is 2.11 bits per heavy atom. The molecule has 1 aliphatic rings. The monoisotopic (exact) mass is 374 g/mol. The van der Waals surface area contributed by atoms with Gasteiger partial charge in [-0.05, 0) is 70.0 Å². The zero-order valence-corrected chi connectivity index (χ0v) is 15.8. The van der Waals surface area contributed by atoms with E-state index in [2.05, 4.69) is 0 Å². The van der Waals surface area contributed by atoms with E-state index in [9.17, 15) is 13.6 Å². The highest BCUT2D eigenvalue weighted by Gasteiger charge is 2.37. The van der Waals surface area contributed by atoms with E-state index in [4.69, 9.17) is 4.74 Å². The molecule has 1 fully saturated rings. The van der Waals surface area contributed by atoms with E-state index in [0.717, 1.165) is 6.42 Å². The molecule has 1 saturated heterocycles. The van der Waals surface area contributed by atoms with Crippen molar-refractivity contribution in [2.24, 2.45) is 0 Å². The van der Waals surface area contributed by atoms with Gasteiger partial charge in [-0.15, -0.1) is 0 Å². The van der Waals surface area contributed by atoms with Gasteiger partial charge in [0.2, 0.25) is 0 Å². The minimum Gasteiger partial charge on any atom is -0.444 e. The third kappa shape index (κ3) is 4.56. The first-order valence-electron chi connectivity index (χ1n) is 9.04. The molecule has 0 aromatic heterocycles. The summed E-state index contributed by atoms with van der Waals surface area (Å²) in [5.74, 6) is -0.786. The van der Waals surface area contributed by atoms with Crippen LogP contribution < -0.4 is 4.90 Å². The Morgan fingerprint density at radius 2 is 1.63 bits per heavy atom. The SMILES string of the molecule is CC(C)(C)OC(=O)N1CCC[C@H]1N(c1cccc(F)c1)c1cccc(F)c1. The second-order valence-corrected chi connectivity index (χ2v) is 7.63. The molecule has 0 aliphatic carbocycles. The first-order chi connectivity index (χ1) is 12.7. The summed E-state index contributed by atoms with van der Waals surface area (Å²) in [6.07, 6.45) is 0.642. The van der Waals surface area contributed by atoms with E-state index in [-0.39, 0.29) is 6.17 Å². The molecule has 0 radical (unpaired) electrons. The first kappa shape index (κ1) is 19.1. The molecular weight excluding hydrogens is 350 g/mol. The number of rotatable bonds is 3. The van der Waals surface area contributed by atoms with Gasteiger partial charge in [-0.3, -0.25) is 4.90 Å². The van der Waals surface area contributed by atoms with Crippen molar-refractivity contribution in [2.75, 3.05) is 11.4 Å². The van der Waals surface area contributed by atoms with Gasteiger partial charge in [0.15, 0.2) is 0 Å². The quantitative estimate of drug-likeness (QED) is 0.715. The summed E-state index contributed by atoms with van der Waals surface area (Å²) >= 11 is 0. The number of carbonyl (C=O) groups excluding carboxylic acids is 1. The van der Waals surface area contributed by atoms with Gasteiger partial charge in [-0.25, -0.2) is 13.6 Å². The molecule has 27 heavy (non-hydrogen) atoms. The van der Waals surface area contributed by atoms with Crippen LogP contribution in [0.3, 0.4) is 0 Å². The summed E-state index contributed by atoms with van der Waals surface area (Å²) in [5, 5.41) is 0. The Morgan fingerprint density at radius 1 is 1.07 bits per heavy atom. The number of likely N-dealkylation sites (tertiary alicyclic amines) is 1. The number of nitrogens with zero attached hydrogens (tertiary/aromatic N) is 2. The van der Waals surface area contributed by atoms with Crippen LogP contribution in [0.4, 0.5) is 25.0 Å². The molecule has 0 N–H and O–H groups in total. The third-order valence-corrected chi connectivity index (χ3v) is 4.32. The number of carbonyl (C=O) groups is 1. The molecule has 1 atom stereocenters. The van der Waals surface area contributed by atoms with E-state index in [1.807, 2.05) is 20.8 Å². The largest absolute Gasteiger partial charge is 0.444 e. The maximum absolute atomic E-state index is 13.9. The van der Waals surface area contributed by atoms with Crippen molar-refractivity contribution in [3.05, 3.63) is 60.2 Å². The van der Waals surface area contributed by atoms with Crippen molar-refractivity contribution in [2.45, 2.75) is 45.4 Å². The van der Waals surface area contributed by atoms with Gasteiger partial charge < -0.3 is 9.64 Å². The second kappa shape index (κ2) is 7.55. The molecule has 0 spiro atoms. The van der Waals surface area contributed by atoms with Crippen LogP contribution in [0.15, 0.2) is 48.5 Å². The topological polar surface area (TPSA) is 32.8 Å². The maximum atomic E-state index is 13.9. The average Bonchev–Trinajstić information content (AvgIpc) is 3.03. The van der Waals surface area contributed by atoms with Crippen LogP contribution in [-0.4, -0.2) is 29.3 Å². The van der Waals surface area contributed by atoms with E-state index in [0.29, 0.717) is 24.3 Å². The minimum atomic E-state index is -0.618. The number of anilines is 2. The lowest BCUT2D eigenvalue weighted by Gasteiger charge is -2.37. The van der Waals surface area contributed by atoms with Gasteiger partial charge in [0.1, 0.15) is 23.4 Å². The van der Waals surface area contributed by atoms with Crippen molar-refractivity contribution in [3.63, 3.8) is 0 Å². The molecule has 1 aliphatic heterocycles. The Bertz CT molecular complexity index is 774. The fourth-order valence-corrected chi connectivity index (χ4v) is 3.30. The number of ether oxygens (including phenoxy) is 1. The van der Waals surface area contributed by atoms with Gasteiger partial charge >= 0.3 is 6.09 Å². The predicted octanol–water partition coefficient (Wildman–Crippen LogP) is 5.46. The maximum Gasteiger partial charge on any atom is 0.411 e. The molecule has 2 aromatic rings. The Hall–Kier alpha value is -2.63. The molecule has 6 heteroatoms. The Balaban J connectivity index is 2.00. The normalized spacial score (nSPS) is 17.1. The number of hydrogen-bond acceptors (Lipinski definition) is 3. The summed E-state index contributed by atoms with van der Waals surface area (Å²) in [5.41, 5.74) is 0.495. The number of hydrogen-bond donors (Lipinski definition) is 0. The van der Waals surface area contributed by atoms with Gasteiger partial charge in [-0.1, -0.05) is 12.1 Å². The van der Waals surface area contributed by atoms with Crippen molar-refractivity contribution < 1.29 is 18.3 Å². The summed E-state index contributed by atoms with van der Waals surface area (Å²) in [6.45, 7) is 5.97. The number of amides is 1. The number of halogens is 2. The first-order valence-corrected chi connectivity index (χ1v) is 9.04. The highest BCUT2D eigenvalue weighted by Crippen LogP contribution is 2.35. The van der Waals surface area contributed by atoms with Crippen LogP contribution in [-0.2, 0) is 4.74 Å². The van der Waals surface area contributed by atoms with Crippen molar-refractivity contribution in [1.82, 2.24) is 4.90 Å². The zero-order valence-electron chi connectivity index (χ0n) is 15.8. The van der Waals surface area contributed by atoms with Crippen LogP contribution in [0.2, 0.25) is 0 Å². The fraction of sp³-hybridized carbons (Fsp3) is 0.381. The highest BCUT2D eigenvalue weighted by molar-refractivity contribution is 5.72. The molecule has 144 valence electrons. The Labute approximate surface area is 158 Å². The van der Waals surface area contributed by atoms with Crippen molar-refractivity contribution in [3.8, 4) is 0 Å². The smallest absolute Gasteiger partial charge is 0.411 e. The van der Waals surface area contributed by atoms with E-state index >= 15 is 0 Å². The van der Waals surface area contributed by atoms with Crippen LogP contribution in [0.5, 0.6) is 0 Å². The summed E-state index contributed by atoms with van der Waals surface area (Å²) in [7, 11) is 0. The molecule has 4 nitrogen and oxygen atoms in total. The predicted molar refractivity (Wildman–Crippen MR) is 101 cm³/mol. The lowest BCUT2D eigenvalue weighted by molar-refractivity contribution is 0.0231. The van der Waals surface area contributed by atoms with Crippen LogP contribution >= 0.6 is 0 Å². The fourth-order valence-electron chi connectivity index (χ4n) is 3.30. The van der Waals surface area contributed by atoms with Crippen LogP contribution in [0.25, 0.3) is 0 Å². The average molecular weight is 374 g/mol. The van der Waals surface area contributed by atoms with Crippen LogP contribution in [0, 0.1) is 11.6 Å². The molecular formula is C21H24F2N2O2.